The minimum Gasteiger partial charge on any atom is -0.369 e. The molecule has 0 fully saturated rings. The summed E-state index contributed by atoms with van der Waals surface area (Å²) in [5, 5.41) is 0.514. The lowest BCUT2D eigenvalue weighted by molar-refractivity contribution is 0.129. The molecule has 1 atom stereocenters. The van der Waals surface area contributed by atoms with Gasteiger partial charge in [0.2, 0.25) is 0 Å². The first kappa shape index (κ1) is 14.9. The molecule has 1 aromatic heterocycles. The van der Waals surface area contributed by atoms with E-state index >= 15 is 0 Å². The largest absolute Gasteiger partial charge is 0.369 e. The Morgan fingerprint density at radius 1 is 1.10 bits per heavy atom. The van der Waals surface area contributed by atoms with Crippen molar-refractivity contribution in [3.8, 4) is 0 Å². The third-order valence-electron chi connectivity index (χ3n) is 3.26. The second-order valence-corrected chi connectivity index (χ2v) is 5.41. The van der Waals surface area contributed by atoms with Crippen molar-refractivity contribution in [3.05, 3.63) is 58.1 Å². The summed E-state index contributed by atoms with van der Waals surface area (Å²) < 4.78 is 5.55. The number of rotatable bonds is 4. The average Bonchev–Trinajstić information content (AvgIpc) is 2.39. The van der Waals surface area contributed by atoms with E-state index in [4.69, 9.17) is 16.3 Å². The Labute approximate surface area is 125 Å². The maximum atomic E-state index is 6.31. The van der Waals surface area contributed by atoms with E-state index in [-0.39, 0.29) is 6.10 Å². The molecule has 1 heterocycles. The summed E-state index contributed by atoms with van der Waals surface area (Å²) in [6.07, 6.45) is -0.298. The Morgan fingerprint density at radius 3 is 2.25 bits per heavy atom. The van der Waals surface area contributed by atoms with E-state index in [0.29, 0.717) is 16.9 Å². The molecule has 0 saturated heterocycles. The van der Waals surface area contributed by atoms with Gasteiger partial charge in [-0.3, -0.25) is 0 Å². The van der Waals surface area contributed by atoms with Crippen LogP contribution in [-0.4, -0.2) is 17.1 Å². The summed E-state index contributed by atoms with van der Waals surface area (Å²) in [6.45, 7) is 6.13. The highest BCUT2D eigenvalue weighted by Crippen LogP contribution is 2.29. The number of aromatic nitrogens is 2. The van der Waals surface area contributed by atoms with Gasteiger partial charge in [-0.1, -0.05) is 55.8 Å². The van der Waals surface area contributed by atoms with Crippen LogP contribution < -0.4 is 0 Å². The fourth-order valence-corrected chi connectivity index (χ4v) is 2.80. The summed E-state index contributed by atoms with van der Waals surface area (Å²) in [6, 6.07) is 9.90. The van der Waals surface area contributed by atoms with Gasteiger partial charge in [0.25, 0.3) is 0 Å². The number of nitrogens with zero attached hydrogens (tertiary/aromatic N) is 2. The summed E-state index contributed by atoms with van der Waals surface area (Å²) in [4.78, 5) is 9.01. The van der Waals surface area contributed by atoms with Gasteiger partial charge in [-0.2, -0.15) is 0 Å². The van der Waals surface area contributed by atoms with Crippen LogP contribution in [0.15, 0.2) is 30.3 Å². The van der Waals surface area contributed by atoms with Crippen LogP contribution in [0.2, 0.25) is 5.15 Å². The first-order valence-corrected chi connectivity index (χ1v) is 7.04. The monoisotopic (exact) mass is 290 g/mol. The zero-order valence-corrected chi connectivity index (χ0v) is 13.0. The van der Waals surface area contributed by atoms with E-state index < -0.39 is 0 Å². The molecule has 2 rings (SSSR count). The molecule has 3 nitrogen and oxygen atoms in total. The molecule has 0 spiro atoms. The van der Waals surface area contributed by atoms with Crippen LogP contribution in [0, 0.1) is 6.92 Å². The van der Waals surface area contributed by atoms with Crippen molar-refractivity contribution in [1.82, 2.24) is 9.97 Å². The molecule has 0 aliphatic carbocycles. The molecule has 4 heteroatoms. The van der Waals surface area contributed by atoms with E-state index in [1.807, 2.05) is 37.3 Å². The van der Waals surface area contributed by atoms with E-state index in [1.165, 1.54) is 0 Å². The van der Waals surface area contributed by atoms with Gasteiger partial charge in [-0.15, -0.1) is 0 Å². The molecule has 0 bridgehead atoms. The van der Waals surface area contributed by atoms with Crippen molar-refractivity contribution >= 4 is 11.6 Å². The van der Waals surface area contributed by atoms with E-state index in [1.54, 1.807) is 7.11 Å². The minimum absolute atomic E-state index is 0.298. The molecule has 0 aliphatic rings. The van der Waals surface area contributed by atoms with E-state index in [0.717, 1.165) is 16.8 Å². The van der Waals surface area contributed by atoms with Crippen LogP contribution in [0.25, 0.3) is 0 Å². The number of benzene rings is 1. The Kier molecular flexibility index (Phi) is 4.73. The van der Waals surface area contributed by atoms with Gasteiger partial charge in [0.15, 0.2) is 5.82 Å². The second-order valence-electron chi connectivity index (χ2n) is 5.05. The van der Waals surface area contributed by atoms with Crippen molar-refractivity contribution in [2.75, 3.05) is 7.11 Å². The smallest absolute Gasteiger partial charge is 0.163 e. The van der Waals surface area contributed by atoms with Gasteiger partial charge in [-0.25, -0.2) is 9.97 Å². The Bertz CT molecular complexity index is 561. The molecule has 0 amide bonds. The highest BCUT2D eigenvalue weighted by molar-refractivity contribution is 6.30. The predicted octanol–water partition coefficient (Wildman–Crippen LogP) is 4.30. The lowest BCUT2D eigenvalue weighted by atomic mass is 10.0. The van der Waals surface area contributed by atoms with Gasteiger partial charge in [-0.05, 0) is 18.4 Å². The average molecular weight is 291 g/mol. The Morgan fingerprint density at radius 2 is 1.75 bits per heavy atom. The van der Waals surface area contributed by atoms with Gasteiger partial charge in [0.1, 0.15) is 11.3 Å². The molecule has 0 N–H and O–H groups in total. The summed E-state index contributed by atoms with van der Waals surface area (Å²) >= 11 is 6.31. The maximum Gasteiger partial charge on any atom is 0.163 e. The molecule has 1 unspecified atom stereocenters. The number of ether oxygens (including phenoxy) is 1. The minimum atomic E-state index is -0.298. The molecular formula is C16H19ClN2O. The summed E-state index contributed by atoms with van der Waals surface area (Å²) in [5.74, 6) is 0.903. The number of hydrogen-bond donors (Lipinski definition) is 0. The third kappa shape index (κ3) is 3.00. The lowest BCUT2D eigenvalue weighted by Crippen LogP contribution is -2.11. The number of methoxy groups -OCH3 is 1. The Balaban J connectivity index is 2.47. The molecule has 0 saturated carbocycles. The summed E-state index contributed by atoms with van der Waals surface area (Å²) in [7, 11) is 1.65. The van der Waals surface area contributed by atoms with E-state index in [2.05, 4.69) is 23.8 Å². The second kappa shape index (κ2) is 6.33. The summed E-state index contributed by atoms with van der Waals surface area (Å²) in [5.41, 5.74) is 2.93. The highest BCUT2D eigenvalue weighted by Gasteiger charge is 2.20. The number of hydrogen-bond acceptors (Lipinski definition) is 3. The van der Waals surface area contributed by atoms with Crippen molar-refractivity contribution < 1.29 is 4.74 Å². The van der Waals surface area contributed by atoms with Crippen LogP contribution in [0.3, 0.4) is 0 Å². The normalized spacial score (nSPS) is 12.7. The van der Waals surface area contributed by atoms with E-state index in [9.17, 15) is 0 Å². The third-order valence-corrected chi connectivity index (χ3v) is 3.55. The topological polar surface area (TPSA) is 35.0 Å². The van der Waals surface area contributed by atoms with Crippen molar-refractivity contribution in [3.63, 3.8) is 0 Å². The van der Waals surface area contributed by atoms with Crippen molar-refractivity contribution in [2.24, 2.45) is 0 Å². The first-order chi connectivity index (χ1) is 9.54. The predicted molar refractivity (Wildman–Crippen MR) is 81.2 cm³/mol. The fourth-order valence-electron chi connectivity index (χ4n) is 2.36. The number of aryl methyl sites for hydroxylation is 1. The molecule has 0 radical (unpaired) electrons. The lowest BCUT2D eigenvalue weighted by Gasteiger charge is -2.18. The zero-order valence-electron chi connectivity index (χ0n) is 12.2. The highest BCUT2D eigenvalue weighted by atomic mass is 35.5. The molecule has 2 aromatic rings. The standard InChI is InChI=1S/C16H19ClN2O/c1-10(2)13-11(3)18-16(19-15(13)17)14(20-4)12-8-6-5-7-9-12/h5-10,14H,1-4H3. The molecule has 0 aliphatic heterocycles. The SMILES string of the molecule is COC(c1ccccc1)c1nc(C)c(C(C)C)c(Cl)n1. The van der Waals surface area contributed by atoms with Crippen LogP contribution in [-0.2, 0) is 4.74 Å². The first-order valence-electron chi connectivity index (χ1n) is 6.66. The fraction of sp³-hybridized carbons (Fsp3) is 0.375. The van der Waals surface area contributed by atoms with Crippen LogP contribution in [0.1, 0.15) is 48.5 Å². The van der Waals surface area contributed by atoms with Crippen LogP contribution in [0.5, 0.6) is 0 Å². The van der Waals surface area contributed by atoms with Crippen molar-refractivity contribution in [1.29, 1.82) is 0 Å². The van der Waals surface area contributed by atoms with Crippen LogP contribution >= 0.6 is 11.6 Å². The molecule has 20 heavy (non-hydrogen) atoms. The Hall–Kier alpha value is -1.45. The number of halogens is 1. The molecular weight excluding hydrogens is 272 g/mol. The van der Waals surface area contributed by atoms with Gasteiger partial charge < -0.3 is 4.74 Å². The molecule has 106 valence electrons. The quantitative estimate of drug-likeness (QED) is 0.788. The van der Waals surface area contributed by atoms with Gasteiger partial charge in [0.05, 0.1) is 0 Å². The van der Waals surface area contributed by atoms with Gasteiger partial charge >= 0.3 is 0 Å². The van der Waals surface area contributed by atoms with Gasteiger partial charge in [0, 0.05) is 18.4 Å². The zero-order chi connectivity index (χ0) is 14.7. The van der Waals surface area contributed by atoms with Crippen molar-refractivity contribution in [2.45, 2.75) is 32.8 Å². The maximum absolute atomic E-state index is 6.31. The van der Waals surface area contributed by atoms with Crippen LogP contribution in [0.4, 0.5) is 0 Å². The molecule has 1 aromatic carbocycles.